The molecule has 78 valence electrons. The molecule has 2 atom stereocenters. The lowest BCUT2D eigenvalue weighted by atomic mass is 9.81. The van der Waals surface area contributed by atoms with E-state index in [1.54, 1.807) is 22.3 Å². The average molecular weight is 206 g/mol. The van der Waals surface area contributed by atoms with Gasteiger partial charge >= 0.3 is 0 Å². The van der Waals surface area contributed by atoms with Crippen molar-refractivity contribution in [2.24, 2.45) is 0 Å². The van der Waals surface area contributed by atoms with Gasteiger partial charge in [0.25, 0.3) is 0 Å². The summed E-state index contributed by atoms with van der Waals surface area (Å²) in [5.41, 5.74) is 6.32. The van der Waals surface area contributed by atoms with Crippen LogP contribution in [0.15, 0.2) is 48.5 Å². The van der Waals surface area contributed by atoms with E-state index in [1.807, 2.05) is 0 Å². The van der Waals surface area contributed by atoms with E-state index in [9.17, 15) is 0 Å². The highest BCUT2D eigenvalue weighted by molar-refractivity contribution is 5.51. The lowest BCUT2D eigenvalue weighted by molar-refractivity contribution is 0.593. The van der Waals surface area contributed by atoms with Crippen molar-refractivity contribution < 1.29 is 0 Å². The van der Waals surface area contributed by atoms with Gasteiger partial charge in [0, 0.05) is 5.92 Å². The summed E-state index contributed by atoms with van der Waals surface area (Å²) in [6.45, 7) is 0. The normalized spacial score (nSPS) is 25.0. The van der Waals surface area contributed by atoms with E-state index in [0.29, 0.717) is 5.92 Å². The van der Waals surface area contributed by atoms with Gasteiger partial charge < -0.3 is 0 Å². The highest BCUT2D eigenvalue weighted by Gasteiger charge is 2.36. The summed E-state index contributed by atoms with van der Waals surface area (Å²) in [6.07, 6.45) is 2.57. The molecule has 2 unspecified atom stereocenters. The molecule has 0 saturated heterocycles. The molecule has 2 aromatic rings. The second kappa shape index (κ2) is 2.98. The molecular formula is C16H14. The molecule has 0 radical (unpaired) electrons. The Hall–Kier alpha value is -1.56. The van der Waals surface area contributed by atoms with E-state index in [4.69, 9.17) is 0 Å². The molecule has 0 fully saturated rings. The van der Waals surface area contributed by atoms with Gasteiger partial charge in [-0.2, -0.15) is 0 Å². The number of rotatable bonds is 0. The van der Waals surface area contributed by atoms with Crippen molar-refractivity contribution >= 4 is 0 Å². The van der Waals surface area contributed by atoms with Crippen LogP contribution in [0, 0.1) is 0 Å². The first kappa shape index (κ1) is 8.58. The molecule has 0 nitrogen and oxygen atoms in total. The number of hydrogen-bond donors (Lipinski definition) is 0. The molecule has 4 rings (SSSR count). The van der Waals surface area contributed by atoms with Crippen LogP contribution in [0.5, 0.6) is 0 Å². The van der Waals surface area contributed by atoms with Crippen LogP contribution in [0.25, 0.3) is 0 Å². The number of hydrogen-bond acceptors (Lipinski definition) is 0. The smallest absolute Gasteiger partial charge is 0.0101 e. The molecule has 0 spiro atoms. The topological polar surface area (TPSA) is 0 Å². The first-order valence-electron chi connectivity index (χ1n) is 6.10. The molecule has 0 aliphatic heterocycles. The monoisotopic (exact) mass is 206 g/mol. The predicted molar refractivity (Wildman–Crippen MR) is 65.8 cm³/mol. The maximum Gasteiger partial charge on any atom is 0.0101 e. The highest BCUT2D eigenvalue weighted by atomic mass is 14.4. The minimum Gasteiger partial charge on any atom is -0.0620 e. The molecule has 16 heavy (non-hydrogen) atoms. The van der Waals surface area contributed by atoms with Crippen molar-refractivity contribution in [3.63, 3.8) is 0 Å². The van der Waals surface area contributed by atoms with E-state index < -0.39 is 0 Å². The van der Waals surface area contributed by atoms with Crippen molar-refractivity contribution in [2.75, 3.05) is 0 Å². The molecule has 2 bridgehead atoms. The maximum atomic E-state index is 2.33. The molecule has 0 saturated carbocycles. The molecule has 0 heterocycles. The van der Waals surface area contributed by atoms with Gasteiger partial charge in [-0.05, 0) is 41.0 Å². The van der Waals surface area contributed by atoms with Gasteiger partial charge in [0.1, 0.15) is 0 Å². The second-order valence-electron chi connectivity index (χ2n) is 5.02. The van der Waals surface area contributed by atoms with E-state index >= 15 is 0 Å². The largest absolute Gasteiger partial charge is 0.0620 e. The summed E-state index contributed by atoms with van der Waals surface area (Å²) < 4.78 is 0. The zero-order valence-electron chi connectivity index (χ0n) is 9.19. The number of benzene rings is 2. The highest BCUT2D eigenvalue weighted by Crippen LogP contribution is 2.51. The van der Waals surface area contributed by atoms with Crippen LogP contribution in [-0.4, -0.2) is 0 Å². The van der Waals surface area contributed by atoms with Crippen LogP contribution in [0.4, 0.5) is 0 Å². The quantitative estimate of drug-likeness (QED) is 0.614. The van der Waals surface area contributed by atoms with Crippen molar-refractivity contribution in [2.45, 2.75) is 24.7 Å². The zero-order valence-corrected chi connectivity index (χ0v) is 9.19. The van der Waals surface area contributed by atoms with Gasteiger partial charge in [-0.1, -0.05) is 48.5 Å². The summed E-state index contributed by atoms with van der Waals surface area (Å²) in [5.74, 6) is 1.45. The van der Waals surface area contributed by atoms with Gasteiger partial charge in [-0.15, -0.1) is 0 Å². The van der Waals surface area contributed by atoms with Crippen LogP contribution in [0.2, 0.25) is 0 Å². The van der Waals surface area contributed by atoms with Crippen molar-refractivity contribution in [1.82, 2.24) is 0 Å². The minimum atomic E-state index is 0.672. The maximum absolute atomic E-state index is 2.33. The Labute approximate surface area is 95.9 Å². The molecule has 0 N–H and O–H groups in total. The molecule has 2 aromatic carbocycles. The first-order chi connectivity index (χ1) is 7.93. The third-order valence-corrected chi connectivity index (χ3v) is 4.23. The Morgan fingerprint density at radius 3 is 2.31 bits per heavy atom. The van der Waals surface area contributed by atoms with Gasteiger partial charge in [0.05, 0.1) is 0 Å². The Kier molecular flexibility index (Phi) is 1.59. The van der Waals surface area contributed by atoms with E-state index in [2.05, 4.69) is 48.5 Å². The zero-order chi connectivity index (χ0) is 10.5. The molecular weight excluding hydrogens is 192 g/mol. The Morgan fingerprint density at radius 2 is 1.44 bits per heavy atom. The molecule has 0 aromatic heterocycles. The molecule has 2 aliphatic carbocycles. The van der Waals surface area contributed by atoms with Crippen LogP contribution < -0.4 is 0 Å². The van der Waals surface area contributed by atoms with E-state index in [1.165, 1.54) is 12.8 Å². The Morgan fingerprint density at radius 1 is 0.750 bits per heavy atom. The SMILES string of the molecule is c1ccc2c(c1)CC1CC2c2ccccc21. The lowest BCUT2D eigenvalue weighted by Gasteiger charge is -2.23. The average Bonchev–Trinajstić information content (AvgIpc) is 2.65. The fraction of sp³-hybridized carbons (Fsp3) is 0.250. The Balaban J connectivity index is 1.98. The summed E-state index contributed by atoms with van der Waals surface area (Å²) >= 11 is 0. The second-order valence-corrected chi connectivity index (χ2v) is 5.02. The number of fused-ring (bicyclic) bond motifs is 7. The van der Waals surface area contributed by atoms with Gasteiger partial charge in [0.15, 0.2) is 0 Å². The minimum absolute atomic E-state index is 0.672. The molecule has 0 amide bonds. The third kappa shape index (κ3) is 0.996. The molecule has 2 aliphatic rings. The summed E-state index contributed by atoms with van der Waals surface area (Å²) in [7, 11) is 0. The van der Waals surface area contributed by atoms with Crippen molar-refractivity contribution in [3.8, 4) is 0 Å². The standard InChI is InChI=1S/C16H14/c1-2-6-13-11(5-1)9-12-10-16(13)15-8-4-3-7-14(12)15/h1-8,12,16H,9-10H2. The van der Waals surface area contributed by atoms with Crippen LogP contribution >= 0.6 is 0 Å². The van der Waals surface area contributed by atoms with Crippen molar-refractivity contribution in [1.29, 1.82) is 0 Å². The first-order valence-corrected chi connectivity index (χ1v) is 6.10. The summed E-state index contributed by atoms with van der Waals surface area (Å²) in [5, 5.41) is 0. The van der Waals surface area contributed by atoms with Crippen molar-refractivity contribution in [3.05, 3.63) is 70.8 Å². The lowest BCUT2D eigenvalue weighted by Crippen LogP contribution is -2.09. The Bertz CT molecular complexity index is 542. The molecule has 0 heteroatoms. The van der Waals surface area contributed by atoms with E-state index in [0.717, 1.165) is 5.92 Å². The van der Waals surface area contributed by atoms with Gasteiger partial charge in [0.2, 0.25) is 0 Å². The van der Waals surface area contributed by atoms with Crippen LogP contribution in [-0.2, 0) is 6.42 Å². The third-order valence-electron chi connectivity index (χ3n) is 4.23. The van der Waals surface area contributed by atoms with Crippen LogP contribution in [0.1, 0.15) is 40.5 Å². The fourth-order valence-corrected chi connectivity index (χ4v) is 3.55. The van der Waals surface area contributed by atoms with Crippen LogP contribution in [0.3, 0.4) is 0 Å². The van der Waals surface area contributed by atoms with Gasteiger partial charge in [-0.3, -0.25) is 0 Å². The van der Waals surface area contributed by atoms with Gasteiger partial charge in [-0.25, -0.2) is 0 Å². The summed E-state index contributed by atoms with van der Waals surface area (Å²) in [4.78, 5) is 0. The summed E-state index contributed by atoms with van der Waals surface area (Å²) in [6, 6.07) is 18.0. The van der Waals surface area contributed by atoms with E-state index in [-0.39, 0.29) is 0 Å². The fourth-order valence-electron chi connectivity index (χ4n) is 3.55. The predicted octanol–water partition coefficient (Wildman–Crippen LogP) is 3.86.